The second kappa shape index (κ2) is 8.59. The molecule has 1 N–H and O–H groups in total. The first-order chi connectivity index (χ1) is 14.1. The number of carbonyl (C=O) groups is 1. The predicted molar refractivity (Wildman–Crippen MR) is 118 cm³/mol. The van der Waals surface area contributed by atoms with Gasteiger partial charge in [-0.15, -0.1) is 22.7 Å². The van der Waals surface area contributed by atoms with Crippen molar-refractivity contribution < 1.29 is 9.53 Å². The van der Waals surface area contributed by atoms with Crippen molar-refractivity contribution in [2.75, 3.05) is 11.9 Å². The summed E-state index contributed by atoms with van der Waals surface area (Å²) in [4.78, 5) is 18.0. The lowest BCUT2D eigenvalue weighted by atomic mass is 10.2. The number of ether oxygens (including phenoxy) is 1. The zero-order chi connectivity index (χ0) is 20.2. The molecule has 1 amide bonds. The number of thiophene rings is 1. The van der Waals surface area contributed by atoms with Gasteiger partial charge in [0.1, 0.15) is 22.3 Å². The van der Waals surface area contributed by atoms with E-state index in [2.05, 4.69) is 10.4 Å². The van der Waals surface area contributed by atoms with Gasteiger partial charge in [-0.05, 0) is 42.6 Å². The lowest BCUT2D eigenvalue weighted by Gasteiger charge is -2.03. The molecule has 0 saturated carbocycles. The molecular formula is C21H20N4O2S2. The van der Waals surface area contributed by atoms with Crippen molar-refractivity contribution in [2.45, 2.75) is 13.3 Å². The zero-order valence-corrected chi connectivity index (χ0v) is 17.7. The van der Waals surface area contributed by atoms with E-state index >= 15 is 0 Å². The Bertz CT molecular complexity index is 1100. The molecule has 0 aliphatic rings. The van der Waals surface area contributed by atoms with Crippen LogP contribution in [0.3, 0.4) is 0 Å². The number of carbonyl (C=O) groups excluding carboxylic acids is 1. The Labute approximate surface area is 176 Å². The third-order valence-electron chi connectivity index (χ3n) is 4.25. The molecule has 8 heteroatoms. The molecule has 1 aromatic carbocycles. The fourth-order valence-electron chi connectivity index (χ4n) is 2.86. The maximum Gasteiger partial charge on any atom is 0.230 e. The van der Waals surface area contributed by atoms with Gasteiger partial charge in [-0.1, -0.05) is 6.07 Å². The Balaban J connectivity index is 1.48. The molecule has 0 unspecified atom stereocenters. The lowest BCUT2D eigenvalue weighted by Crippen LogP contribution is -2.16. The topological polar surface area (TPSA) is 69.0 Å². The van der Waals surface area contributed by atoms with Crippen molar-refractivity contribution in [1.82, 2.24) is 14.8 Å². The number of benzene rings is 1. The van der Waals surface area contributed by atoms with E-state index < -0.39 is 0 Å². The van der Waals surface area contributed by atoms with Crippen LogP contribution in [0.15, 0.2) is 53.2 Å². The molecule has 0 bridgehead atoms. The third-order valence-corrected chi connectivity index (χ3v) is 5.99. The van der Waals surface area contributed by atoms with Crippen LogP contribution >= 0.6 is 22.7 Å². The second-order valence-corrected chi connectivity index (χ2v) is 8.23. The van der Waals surface area contributed by atoms with Gasteiger partial charge in [0.25, 0.3) is 0 Å². The average molecular weight is 425 g/mol. The van der Waals surface area contributed by atoms with Gasteiger partial charge in [0.15, 0.2) is 0 Å². The van der Waals surface area contributed by atoms with Crippen molar-refractivity contribution in [3.8, 4) is 27.7 Å². The fraction of sp³-hybridized carbons (Fsp3) is 0.190. The van der Waals surface area contributed by atoms with E-state index in [9.17, 15) is 4.79 Å². The Morgan fingerprint density at radius 2 is 2.00 bits per heavy atom. The highest BCUT2D eigenvalue weighted by Crippen LogP contribution is 2.30. The largest absolute Gasteiger partial charge is 0.494 e. The average Bonchev–Trinajstić information content (AvgIpc) is 3.45. The van der Waals surface area contributed by atoms with Gasteiger partial charge in [-0.2, -0.15) is 5.10 Å². The second-order valence-electron chi connectivity index (χ2n) is 6.34. The summed E-state index contributed by atoms with van der Waals surface area (Å²) in [5.41, 5.74) is 2.65. The van der Waals surface area contributed by atoms with Crippen LogP contribution in [-0.2, 0) is 18.3 Å². The van der Waals surface area contributed by atoms with E-state index in [-0.39, 0.29) is 5.91 Å². The minimum atomic E-state index is -0.0591. The molecule has 6 nitrogen and oxygen atoms in total. The van der Waals surface area contributed by atoms with Gasteiger partial charge < -0.3 is 10.1 Å². The first-order valence-electron chi connectivity index (χ1n) is 9.18. The van der Waals surface area contributed by atoms with Gasteiger partial charge in [0.05, 0.1) is 18.7 Å². The highest BCUT2D eigenvalue weighted by molar-refractivity contribution is 7.13. The first-order valence-corrected chi connectivity index (χ1v) is 10.9. The van der Waals surface area contributed by atoms with Crippen molar-refractivity contribution in [3.05, 3.63) is 58.1 Å². The maximum atomic E-state index is 12.3. The van der Waals surface area contributed by atoms with E-state index in [0.717, 1.165) is 32.6 Å². The molecule has 0 aliphatic carbocycles. The number of nitrogens with zero attached hydrogens (tertiary/aromatic N) is 3. The van der Waals surface area contributed by atoms with Crippen molar-refractivity contribution in [3.63, 3.8) is 0 Å². The minimum absolute atomic E-state index is 0.0591. The minimum Gasteiger partial charge on any atom is -0.494 e. The Morgan fingerprint density at radius 1 is 1.17 bits per heavy atom. The van der Waals surface area contributed by atoms with Crippen LogP contribution in [0, 0.1) is 0 Å². The summed E-state index contributed by atoms with van der Waals surface area (Å²) in [6, 6.07) is 13.6. The Kier molecular flexibility index (Phi) is 5.73. The number of rotatable bonds is 7. The predicted octanol–water partition coefficient (Wildman–Crippen LogP) is 4.85. The molecule has 0 saturated heterocycles. The molecule has 4 rings (SSSR count). The Morgan fingerprint density at radius 3 is 2.72 bits per heavy atom. The van der Waals surface area contributed by atoms with Crippen LogP contribution in [0.2, 0.25) is 0 Å². The number of amides is 1. The maximum absolute atomic E-state index is 12.3. The third kappa shape index (κ3) is 4.55. The summed E-state index contributed by atoms with van der Waals surface area (Å²) >= 11 is 3.10. The summed E-state index contributed by atoms with van der Waals surface area (Å²) in [6.07, 6.45) is 0.358. The van der Waals surface area contributed by atoms with Crippen LogP contribution in [0.1, 0.15) is 11.8 Å². The van der Waals surface area contributed by atoms with E-state index in [4.69, 9.17) is 9.72 Å². The van der Waals surface area contributed by atoms with Crippen LogP contribution in [-0.4, -0.2) is 27.3 Å². The van der Waals surface area contributed by atoms with E-state index in [1.54, 1.807) is 16.0 Å². The molecule has 0 atom stereocenters. The number of hydrogen-bond donors (Lipinski definition) is 1. The van der Waals surface area contributed by atoms with Crippen molar-refractivity contribution >= 4 is 34.4 Å². The van der Waals surface area contributed by atoms with Crippen LogP contribution in [0.5, 0.6) is 5.75 Å². The number of aromatic nitrogens is 3. The van der Waals surface area contributed by atoms with Crippen LogP contribution in [0.4, 0.5) is 5.82 Å². The van der Waals surface area contributed by atoms with Crippen LogP contribution in [0.25, 0.3) is 22.0 Å². The zero-order valence-electron chi connectivity index (χ0n) is 16.1. The number of anilines is 1. The monoisotopic (exact) mass is 424 g/mol. The lowest BCUT2D eigenvalue weighted by molar-refractivity contribution is -0.115. The van der Waals surface area contributed by atoms with Crippen molar-refractivity contribution in [1.29, 1.82) is 0 Å². The highest BCUT2D eigenvalue weighted by Gasteiger charge is 2.14. The molecule has 148 valence electrons. The van der Waals surface area contributed by atoms with E-state index in [0.29, 0.717) is 18.8 Å². The molecule has 3 aromatic heterocycles. The summed E-state index contributed by atoms with van der Waals surface area (Å²) in [5, 5.41) is 12.2. The van der Waals surface area contributed by atoms with Gasteiger partial charge >= 0.3 is 0 Å². The number of aryl methyl sites for hydroxylation is 1. The van der Waals surface area contributed by atoms with Gasteiger partial charge in [0, 0.05) is 28.9 Å². The molecule has 0 fully saturated rings. The van der Waals surface area contributed by atoms with Crippen molar-refractivity contribution in [2.24, 2.45) is 7.05 Å². The highest BCUT2D eigenvalue weighted by atomic mass is 32.1. The fourth-order valence-corrected chi connectivity index (χ4v) is 4.35. The van der Waals surface area contributed by atoms with Gasteiger partial charge in [0.2, 0.25) is 5.91 Å². The van der Waals surface area contributed by atoms with E-state index in [1.807, 2.05) is 67.2 Å². The molecule has 0 spiro atoms. The SMILES string of the molecule is CCOc1ccc(-c2csc(-c3cc(NC(=O)Cc4cccs4)n(C)n3)n2)cc1. The molecule has 0 radical (unpaired) electrons. The van der Waals surface area contributed by atoms with Gasteiger partial charge in [-0.25, -0.2) is 4.98 Å². The quantitative estimate of drug-likeness (QED) is 0.460. The first kappa shape index (κ1) is 19.4. The molecule has 4 aromatic rings. The van der Waals surface area contributed by atoms with Crippen LogP contribution < -0.4 is 10.1 Å². The smallest absolute Gasteiger partial charge is 0.230 e. The molecule has 3 heterocycles. The molecule has 29 heavy (non-hydrogen) atoms. The summed E-state index contributed by atoms with van der Waals surface area (Å²) in [5.74, 6) is 1.44. The summed E-state index contributed by atoms with van der Waals surface area (Å²) in [7, 11) is 1.81. The molecule has 0 aliphatic heterocycles. The van der Waals surface area contributed by atoms with E-state index in [1.165, 1.54) is 11.3 Å². The summed E-state index contributed by atoms with van der Waals surface area (Å²) < 4.78 is 7.15. The van der Waals surface area contributed by atoms with Gasteiger partial charge in [-0.3, -0.25) is 9.48 Å². The standard InChI is InChI=1S/C21H20N4O2S2/c1-3-27-15-8-6-14(7-9-15)18-13-29-21(22-18)17-12-19(25(2)24-17)23-20(26)11-16-5-4-10-28-16/h4-10,12-13H,3,11H2,1-2H3,(H,23,26). The molecular weight excluding hydrogens is 404 g/mol. The Hall–Kier alpha value is -2.97. The number of hydrogen-bond acceptors (Lipinski definition) is 6. The normalized spacial score (nSPS) is 10.8. The number of thiazole rings is 1. The number of nitrogens with one attached hydrogen (secondary N) is 1. The summed E-state index contributed by atoms with van der Waals surface area (Å²) in [6.45, 7) is 2.61.